The Labute approximate surface area is 105 Å². The van der Waals surface area contributed by atoms with Gasteiger partial charge in [0.15, 0.2) is 0 Å². The Hall–Kier alpha value is -1.03. The average molecular weight is 285 g/mol. The van der Waals surface area contributed by atoms with E-state index in [4.69, 9.17) is 0 Å². The number of halogens is 1. The molecule has 1 rings (SSSR count). The van der Waals surface area contributed by atoms with E-state index in [2.05, 4.69) is 21.2 Å². The van der Waals surface area contributed by atoms with Crippen molar-refractivity contribution >= 4 is 27.5 Å². The minimum Gasteiger partial charge on any atom is -0.375 e. The van der Waals surface area contributed by atoms with E-state index in [1.807, 2.05) is 45.2 Å². The smallest absolute Gasteiger partial charge is 0.241 e. The van der Waals surface area contributed by atoms with Gasteiger partial charge in [0.05, 0.1) is 6.54 Å². The molecule has 0 aliphatic carbocycles. The number of benzene rings is 1. The van der Waals surface area contributed by atoms with Gasteiger partial charge in [-0.15, -0.1) is 0 Å². The van der Waals surface area contributed by atoms with Gasteiger partial charge in [-0.1, -0.05) is 12.1 Å². The van der Waals surface area contributed by atoms with Gasteiger partial charge in [-0.25, -0.2) is 0 Å². The van der Waals surface area contributed by atoms with Gasteiger partial charge in [-0.2, -0.15) is 0 Å². The van der Waals surface area contributed by atoms with E-state index < -0.39 is 0 Å². The zero-order valence-corrected chi connectivity index (χ0v) is 11.4. The molecule has 0 radical (unpaired) electrons. The van der Waals surface area contributed by atoms with Crippen LogP contribution in [-0.2, 0) is 4.79 Å². The molecule has 0 aliphatic rings. The molecule has 16 heavy (non-hydrogen) atoms. The molecular weight excluding hydrogens is 268 g/mol. The molecule has 0 aromatic heterocycles. The first-order chi connectivity index (χ1) is 7.52. The van der Waals surface area contributed by atoms with E-state index in [0.29, 0.717) is 6.54 Å². The lowest BCUT2D eigenvalue weighted by Gasteiger charge is -2.22. The SMILES string of the molecule is CC(C)N(C)C(=O)CNc1ccccc1Br. The van der Waals surface area contributed by atoms with Crippen LogP contribution in [0.4, 0.5) is 5.69 Å². The molecule has 0 aliphatic heterocycles. The molecule has 3 nitrogen and oxygen atoms in total. The van der Waals surface area contributed by atoms with Crippen molar-refractivity contribution in [1.82, 2.24) is 4.90 Å². The molecule has 0 fully saturated rings. The molecule has 4 heteroatoms. The van der Waals surface area contributed by atoms with Gasteiger partial charge >= 0.3 is 0 Å². The monoisotopic (exact) mass is 284 g/mol. The van der Waals surface area contributed by atoms with Crippen molar-refractivity contribution in [2.75, 3.05) is 18.9 Å². The highest BCUT2D eigenvalue weighted by Gasteiger charge is 2.11. The van der Waals surface area contributed by atoms with Gasteiger partial charge < -0.3 is 10.2 Å². The molecule has 0 unspecified atom stereocenters. The van der Waals surface area contributed by atoms with Crippen molar-refractivity contribution in [2.45, 2.75) is 19.9 Å². The van der Waals surface area contributed by atoms with Gasteiger partial charge in [0.1, 0.15) is 0 Å². The minimum absolute atomic E-state index is 0.0887. The van der Waals surface area contributed by atoms with Crippen molar-refractivity contribution < 1.29 is 4.79 Å². The number of amides is 1. The fraction of sp³-hybridized carbons (Fsp3) is 0.417. The Balaban J connectivity index is 2.52. The summed E-state index contributed by atoms with van der Waals surface area (Å²) in [5.41, 5.74) is 0.938. The Kier molecular flexibility index (Phi) is 4.80. The maximum atomic E-state index is 11.7. The van der Waals surface area contributed by atoms with Crippen molar-refractivity contribution in [3.8, 4) is 0 Å². The Bertz CT molecular complexity index is 366. The van der Waals surface area contributed by atoms with Crippen LogP contribution in [0, 0.1) is 0 Å². The normalized spacial score (nSPS) is 10.3. The number of rotatable bonds is 4. The molecule has 1 N–H and O–H groups in total. The van der Waals surface area contributed by atoms with Crippen LogP contribution in [0.25, 0.3) is 0 Å². The van der Waals surface area contributed by atoms with Crippen LogP contribution >= 0.6 is 15.9 Å². The molecule has 0 saturated carbocycles. The Morgan fingerprint density at radius 3 is 2.62 bits per heavy atom. The van der Waals surface area contributed by atoms with E-state index in [1.54, 1.807) is 4.90 Å². The number of anilines is 1. The number of hydrogen-bond donors (Lipinski definition) is 1. The van der Waals surface area contributed by atoms with Crippen LogP contribution in [0.5, 0.6) is 0 Å². The summed E-state index contributed by atoms with van der Waals surface area (Å²) >= 11 is 3.42. The summed E-state index contributed by atoms with van der Waals surface area (Å²) in [5.74, 6) is 0.0887. The summed E-state index contributed by atoms with van der Waals surface area (Å²) in [6.45, 7) is 4.31. The topological polar surface area (TPSA) is 32.3 Å². The molecule has 1 amide bonds. The molecule has 0 saturated heterocycles. The van der Waals surface area contributed by atoms with Crippen molar-refractivity contribution in [1.29, 1.82) is 0 Å². The van der Waals surface area contributed by atoms with E-state index in [0.717, 1.165) is 10.2 Å². The highest BCUT2D eigenvalue weighted by Crippen LogP contribution is 2.20. The quantitative estimate of drug-likeness (QED) is 0.922. The van der Waals surface area contributed by atoms with Crippen LogP contribution in [-0.4, -0.2) is 30.4 Å². The van der Waals surface area contributed by atoms with Gasteiger partial charge in [-0.05, 0) is 41.9 Å². The Morgan fingerprint density at radius 1 is 1.44 bits per heavy atom. The first kappa shape index (κ1) is 13.0. The lowest BCUT2D eigenvalue weighted by atomic mass is 10.3. The van der Waals surface area contributed by atoms with Gasteiger partial charge in [-0.3, -0.25) is 4.79 Å². The fourth-order valence-electron chi connectivity index (χ4n) is 1.19. The maximum Gasteiger partial charge on any atom is 0.241 e. The lowest BCUT2D eigenvalue weighted by molar-refractivity contribution is -0.129. The fourth-order valence-corrected chi connectivity index (χ4v) is 1.61. The van der Waals surface area contributed by atoms with E-state index in [9.17, 15) is 4.79 Å². The molecule has 1 aromatic carbocycles. The number of hydrogen-bond acceptors (Lipinski definition) is 2. The Morgan fingerprint density at radius 2 is 2.06 bits per heavy atom. The molecule has 0 spiro atoms. The van der Waals surface area contributed by atoms with Crippen LogP contribution in [0.15, 0.2) is 28.7 Å². The summed E-state index contributed by atoms with van der Waals surface area (Å²) in [6, 6.07) is 7.99. The van der Waals surface area contributed by atoms with Gasteiger partial charge in [0.25, 0.3) is 0 Å². The van der Waals surface area contributed by atoms with E-state index in [-0.39, 0.29) is 11.9 Å². The second kappa shape index (κ2) is 5.89. The van der Waals surface area contributed by atoms with Gasteiger partial charge in [0.2, 0.25) is 5.91 Å². The number of nitrogens with zero attached hydrogens (tertiary/aromatic N) is 1. The third-order valence-electron chi connectivity index (χ3n) is 2.47. The number of carbonyl (C=O) groups excluding carboxylic acids is 1. The van der Waals surface area contributed by atoms with Crippen LogP contribution in [0.2, 0.25) is 0 Å². The second-order valence-electron chi connectivity index (χ2n) is 3.93. The largest absolute Gasteiger partial charge is 0.375 e. The zero-order chi connectivity index (χ0) is 12.1. The van der Waals surface area contributed by atoms with Crippen LogP contribution < -0.4 is 5.32 Å². The summed E-state index contributed by atoms with van der Waals surface area (Å²) < 4.78 is 0.968. The minimum atomic E-state index is 0.0887. The standard InChI is InChI=1S/C12H17BrN2O/c1-9(2)15(3)12(16)8-14-11-7-5-4-6-10(11)13/h4-7,9,14H,8H2,1-3H3. The summed E-state index contributed by atoms with van der Waals surface area (Å²) in [4.78, 5) is 13.4. The van der Waals surface area contributed by atoms with Crippen molar-refractivity contribution in [3.63, 3.8) is 0 Å². The molecule has 0 atom stereocenters. The highest BCUT2D eigenvalue weighted by atomic mass is 79.9. The third kappa shape index (κ3) is 3.52. The number of likely N-dealkylation sites (N-methyl/N-ethyl adjacent to an activating group) is 1. The van der Waals surface area contributed by atoms with Crippen LogP contribution in [0.3, 0.4) is 0 Å². The average Bonchev–Trinajstić information content (AvgIpc) is 2.26. The van der Waals surface area contributed by atoms with E-state index >= 15 is 0 Å². The highest BCUT2D eigenvalue weighted by molar-refractivity contribution is 9.10. The second-order valence-corrected chi connectivity index (χ2v) is 4.79. The molecule has 0 heterocycles. The maximum absolute atomic E-state index is 11.7. The van der Waals surface area contributed by atoms with Crippen LogP contribution in [0.1, 0.15) is 13.8 Å². The predicted molar refractivity (Wildman–Crippen MR) is 70.5 cm³/mol. The van der Waals surface area contributed by atoms with Crippen molar-refractivity contribution in [2.24, 2.45) is 0 Å². The summed E-state index contributed by atoms with van der Waals surface area (Å²) in [6.07, 6.45) is 0. The number of nitrogens with one attached hydrogen (secondary N) is 1. The van der Waals surface area contributed by atoms with Crippen molar-refractivity contribution in [3.05, 3.63) is 28.7 Å². The summed E-state index contributed by atoms with van der Waals surface area (Å²) in [5, 5.41) is 3.11. The zero-order valence-electron chi connectivity index (χ0n) is 9.83. The lowest BCUT2D eigenvalue weighted by Crippen LogP contribution is -2.37. The first-order valence-corrected chi connectivity index (χ1v) is 6.05. The van der Waals surface area contributed by atoms with Gasteiger partial charge in [0, 0.05) is 23.2 Å². The molecule has 0 bridgehead atoms. The van der Waals surface area contributed by atoms with E-state index in [1.165, 1.54) is 0 Å². The number of para-hydroxylation sites is 1. The third-order valence-corrected chi connectivity index (χ3v) is 3.16. The predicted octanol–water partition coefficient (Wildman–Crippen LogP) is 2.73. The first-order valence-electron chi connectivity index (χ1n) is 5.26. The molecular formula is C12H17BrN2O. The number of carbonyl (C=O) groups is 1. The molecule has 1 aromatic rings. The molecule has 88 valence electrons. The summed E-state index contributed by atoms with van der Waals surface area (Å²) in [7, 11) is 1.81.